The molecule has 2 aromatic rings. The molecule has 5 amide bonds. The Morgan fingerprint density at radius 2 is 1.89 bits per heavy atom. The minimum atomic E-state index is -0.696. The van der Waals surface area contributed by atoms with Gasteiger partial charge < -0.3 is 14.6 Å². The number of carbonyl (C=O) groups is 4. The Morgan fingerprint density at radius 1 is 1.09 bits per heavy atom. The summed E-state index contributed by atoms with van der Waals surface area (Å²) in [4.78, 5) is 52.2. The number of nitrogens with one attached hydrogen (secondary N) is 2. The minimum absolute atomic E-state index is 0.0614. The molecule has 3 heterocycles. The molecule has 2 N–H and O–H groups in total. The number of hydrogen-bond donors (Lipinski definition) is 2. The van der Waals surface area contributed by atoms with E-state index in [2.05, 4.69) is 10.6 Å². The van der Waals surface area contributed by atoms with Crippen LogP contribution in [0.2, 0.25) is 0 Å². The molecule has 35 heavy (non-hydrogen) atoms. The van der Waals surface area contributed by atoms with E-state index in [1.807, 2.05) is 28.8 Å². The zero-order chi connectivity index (χ0) is 24.4. The number of ether oxygens (including phenoxy) is 1. The Morgan fingerprint density at radius 3 is 2.66 bits per heavy atom. The Balaban J connectivity index is 1.40. The van der Waals surface area contributed by atoms with Crippen molar-refractivity contribution in [2.75, 3.05) is 13.2 Å². The fourth-order valence-electron chi connectivity index (χ4n) is 5.26. The molecular formula is C26H30N4O5. The smallest absolute Gasteiger partial charge is 0.331 e. The first-order chi connectivity index (χ1) is 17.0. The molecule has 2 saturated heterocycles. The lowest BCUT2D eigenvalue weighted by Crippen LogP contribution is -2.58. The van der Waals surface area contributed by atoms with Gasteiger partial charge in [0.05, 0.1) is 6.10 Å². The molecule has 1 saturated carbocycles. The Labute approximate surface area is 203 Å². The quantitative estimate of drug-likeness (QED) is 0.490. The van der Waals surface area contributed by atoms with Gasteiger partial charge in [-0.1, -0.05) is 37.5 Å². The second kappa shape index (κ2) is 10.0. The first-order valence-corrected chi connectivity index (χ1v) is 12.4. The van der Waals surface area contributed by atoms with E-state index in [0.717, 1.165) is 62.5 Å². The number of rotatable bonds is 6. The maximum Gasteiger partial charge on any atom is 0.331 e. The lowest BCUT2D eigenvalue weighted by molar-refractivity contribution is -0.132. The van der Waals surface area contributed by atoms with Gasteiger partial charge in [0, 0.05) is 41.9 Å². The van der Waals surface area contributed by atoms with E-state index in [1.165, 1.54) is 11.0 Å². The van der Waals surface area contributed by atoms with Crippen molar-refractivity contribution in [3.05, 3.63) is 41.6 Å². The van der Waals surface area contributed by atoms with Crippen molar-refractivity contribution in [1.82, 2.24) is 20.1 Å². The van der Waals surface area contributed by atoms with Gasteiger partial charge in [-0.3, -0.25) is 24.6 Å². The molecule has 1 aromatic heterocycles. The Bertz CT molecular complexity index is 1190. The summed E-state index contributed by atoms with van der Waals surface area (Å²) in [6, 6.07) is 6.69. The first kappa shape index (κ1) is 23.3. The van der Waals surface area contributed by atoms with Crippen LogP contribution in [0.1, 0.15) is 50.5 Å². The summed E-state index contributed by atoms with van der Waals surface area (Å²) in [6.45, 7) is 1.31. The summed E-state index contributed by atoms with van der Waals surface area (Å²) in [7, 11) is 0. The van der Waals surface area contributed by atoms with Crippen molar-refractivity contribution >= 4 is 40.7 Å². The normalized spacial score (nSPS) is 22.7. The van der Waals surface area contributed by atoms with Crippen LogP contribution < -0.4 is 10.6 Å². The molecule has 3 fully saturated rings. The molecule has 3 aliphatic rings. The van der Waals surface area contributed by atoms with Crippen LogP contribution in [-0.2, 0) is 25.7 Å². The van der Waals surface area contributed by atoms with Gasteiger partial charge in [-0.05, 0) is 37.8 Å². The standard InChI is InChI=1S/C26H30N4O5/c31-23(27-14-19-9-6-12-35-19)16-29-15-17(20-10-4-5-11-22(20)29)13-21-24(32)28-26(34)30(25(21)33)18-7-2-1-3-8-18/h4-5,10-11,13,15,18-19H,1-3,6-9,12,14,16H2,(H,27,31)(H,28,32,34)/b21-13+/t19-/m1/s1. The molecule has 9 nitrogen and oxygen atoms in total. The van der Waals surface area contributed by atoms with Crippen LogP contribution in [0.4, 0.5) is 4.79 Å². The zero-order valence-corrected chi connectivity index (χ0v) is 19.6. The second-order valence-electron chi connectivity index (χ2n) is 9.45. The highest BCUT2D eigenvalue weighted by Crippen LogP contribution is 2.28. The van der Waals surface area contributed by atoms with Crippen LogP contribution in [0.3, 0.4) is 0 Å². The van der Waals surface area contributed by atoms with Gasteiger partial charge >= 0.3 is 6.03 Å². The van der Waals surface area contributed by atoms with E-state index >= 15 is 0 Å². The molecule has 0 radical (unpaired) electrons. The minimum Gasteiger partial charge on any atom is -0.376 e. The summed E-state index contributed by atoms with van der Waals surface area (Å²) in [5.74, 6) is -1.39. The highest BCUT2D eigenvalue weighted by Gasteiger charge is 2.40. The average Bonchev–Trinajstić information content (AvgIpc) is 3.49. The predicted molar refractivity (Wildman–Crippen MR) is 129 cm³/mol. The molecule has 0 unspecified atom stereocenters. The molecule has 1 atom stereocenters. The van der Waals surface area contributed by atoms with E-state index < -0.39 is 17.8 Å². The molecule has 184 valence electrons. The highest BCUT2D eigenvalue weighted by molar-refractivity contribution is 6.31. The topological polar surface area (TPSA) is 110 Å². The van der Waals surface area contributed by atoms with Crippen LogP contribution in [0, 0.1) is 0 Å². The van der Waals surface area contributed by atoms with Crippen molar-refractivity contribution in [3.63, 3.8) is 0 Å². The summed E-state index contributed by atoms with van der Waals surface area (Å²) in [5, 5.41) is 6.07. The van der Waals surface area contributed by atoms with E-state index in [4.69, 9.17) is 4.74 Å². The van der Waals surface area contributed by atoms with Gasteiger partial charge in [0.15, 0.2) is 0 Å². The summed E-state index contributed by atoms with van der Waals surface area (Å²) < 4.78 is 7.37. The maximum atomic E-state index is 13.3. The van der Waals surface area contributed by atoms with Crippen molar-refractivity contribution < 1.29 is 23.9 Å². The summed E-state index contributed by atoms with van der Waals surface area (Å²) >= 11 is 0. The van der Waals surface area contributed by atoms with Gasteiger partial charge in [0.25, 0.3) is 11.8 Å². The number of urea groups is 1. The number of amides is 5. The van der Waals surface area contributed by atoms with Crippen LogP contribution in [0.5, 0.6) is 0 Å². The number of benzene rings is 1. The largest absolute Gasteiger partial charge is 0.376 e. The molecule has 1 aromatic carbocycles. The Hall–Kier alpha value is -3.46. The number of aromatic nitrogens is 1. The van der Waals surface area contributed by atoms with Crippen molar-refractivity contribution in [2.24, 2.45) is 0 Å². The maximum absolute atomic E-state index is 13.3. The van der Waals surface area contributed by atoms with Crippen LogP contribution in [-0.4, -0.2) is 58.5 Å². The fraction of sp³-hybridized carbons (Fsp3) is 0.462. The third kappa shape index (κ3) is 4.86. The summed E-state index contributed by atoms with van der Waals surface area (Å²) in [6.07, 6.45) is 9.82. The van der Waals surface area contributed by atoms with Crippen molar-refractivity contribution in [3.8, 4) is 0 Å². The highest BCUT2D eigenvalue weighted by atomic mass is 16.5. The number of para-hydroxylation sites is 1. The van der Waals surface area contributed by atoms with Crippen LogP contribution in [0.25, 0.3) is 17.0 Å². The fourth-order valence-corrected chi connectivity index (χ4v) is 5.26. The average molecular weight is 479 g/mol. The number of barbiturate groups is 1. The molecule has 5 rings (SSSR count). The van der Waals surface area contributed by atoms with Gasteiger partial charge in [0.1, 0.15) is 12.1 Å². The first-order valence-electron chi connectivity index (χ1n) is 12.4. The number of hydrogen-bond acceptors (Lipinski definition) is 5. The van der Waals surface area contributed by atoms with Crippen LogP contribution >= 0.6 is 0 Å². The van der Waals surface area contributed by atoms with E-state index in [9.17, 15) is 19.2 Å². The SMILES string of the molecule is O=C(Cn1cc(/C=C2\C(=O)NC(=O)N(C3CCCCC3)C2=O)c2ccccc21)NC[C@H]1CCCO1. The molecule has 0 bridgehead atoms. The Kier molecular flexibility index (Phi) is 6.68. The van der Waals surface area contributed by atoms with Gasteiger partial charge in [0.2, 0.25) is 5.91 Å². The summed E-state index contributed by atoms with van der Waals surface area (Å²) in [5.41, 5.74) is 1.39. The number of carbonyl (C=O) groups excluding carboxylic acids is 4. The lowest BCUT2D eigenvalue weighted by atomic mass is 9.93. The van der Waals surface area contributed by atoms with Crippen molar-refractivity contribution in [2.45, 2.75) is 63.6 Å². The zero-order valence-electron chi connectivity index (χ0n) is 19.6. The number of nitrogens with zero attached hydrogens (tertiary/aromatic N) is 2. The third-order valence-electron chi connectivity index (χ3n) is 7.06. The van der Waals surface area contributed by atoms with Gasteiger partial charge in [-0.25, -0.2) is 4.79 Å². The predicted octanol–water partition coefficient (Wildman–Crippen LogP) is 2.73. The number of imide groups is 2. The van der Waals surface area contributed by atoms with Crippen LogP contribution in [0.15, 0.2) is 36.0 Å². The molecule has 1 aliphatic carbocycles. The van der Waals surface area contributed by atoms with Gasteiger partial charge in [-0.2, -0.15) is 0 Å². The molecule has 9 heteroatoms. The third-order valence-corrected chi connectivity index (χ3v) is 7.06. The lowest BCUT2D eigenvalue weighted by Gasteiger charge is -2.35. The van der Waals surface area contributed by atoms with E-state index in [1.54, 1.807) is 6.20 Å². The van der Waals surface area contributed by atoms with E-state index in [-0.39, 0.29) is 30.2 Å². The monoisotopic (exact) mass is 478 g/mol. The van der Waals surface area contributed by atoms with Gasteiger partial charge in [-0.15, -0.1) is 0 Å². The molecular weight excluding hydrogens is 448 g/mol. The van der Waals surface area contributed by atoms with Crippen molar-refractivity contribution in [1.29, 1.82) is 0 Å². The second-order valence-corrected chi connectivity index (χ2v) is 9.45. The van der Waals surface area contributed by atoms with E-state index in [0.29, 0.717) is 12.1 Å². The molecule has 0 spiro atoms. The number of fused-ring (bicyclic) bond motifs is 1. The molecule has 2 aliphatic heterocycles.